The van der Waals surface area contributed by atoms with Crippen molar-refractivity contribution >= 4 is 11.9 Å². The van der Waals surface area contributed by atoms with Crippen molar-refractivity contribution in [2.45, 2.75) is 25.9 Å². The second kappa shape index (κ2) is 11.9. The van der Waals surface area contributed by atoms with Crippen LogP contribution in [0.15, 0.2) is 30.3 Å². The maximum atomic E-state index is 11.1. The average molecular weight is 298 g/mol. The smallest absolute Gasteiger partial charge is 0.339 e. The molecule has 0 heterocycles. The molecule has 0 spiro atoms. The highest BCUT2D eigenvalue weighted by atomic mass is 16.5. The van der Waals surface area contributed by atoms with Crippen LogP contribution in [0.5, 0.6) is 0 Å². The molecule has 0 saturated carbocycles. The summed E-state index contributed by atoms with van der Waals surface area (Å²) in [4.78, 5) is 21.3. The Morgan fingerprint density at radius 2 is 1.86 bits per heavy atom. The van der Waals surface area contributed by atoms with Gasteiger partial charge in [0.25, 0.3) is 0 Å². The van der Waals surface area contributed by atoms with Gasteiger partial charge in [0.1, 0.15) is 0 Å². The Morgan fingerprint density at radius 3 is 2.33 bits per heavy atom. The van der Waals surface area contributed by atoms with E-state index in [0.717, 1.165) is 0 Å². The zero-order valence-corrected chi connectivity index (χ0v) is 12.3. The topological polar surface area (TPSA) is 93.1 Å². The van der Waals surface area contributed by atoms with E-state index in [4.69, 9.17) is 5.11 Å². The SMILES string of the molecule is CCOC(=O)C(O)c1ccccc1.COC(=O)CCCO. The van der Waals surface area contributed by atoms with Crippen molar-refractivity contribution in [3.8, 4) is 0 Å². The van der Waals surface area contributed by atoms with Gasteiger partial charge >= 0.3 is 11.9 Å². The van der Waals surface area contributed by atoms with Crippen molar-refractivity contribution in [2.24, 2.45) is 0 Å². The zero-order chi connectivity index (χ0) is 16.1. The normalized spacial score (nSPS) is 10.9. The summed E-state index contributed by atoms with van der Waals surface area (Å²) >= 11 is 0. The molecule has 0 fully saturated rings. The summed E-state index contributed by atoms with van der Waals surface area (Å²) in [5.41, 5.74) is 0.556. The molecule has 21 heavy (non-hydrogen) atoms. The highest BCUT2D eigenvalue weighted by molar-refractivity contribution is 5.76. The van der Waals surface area contributed by atoms with Crippen LogP contribution in [0.2, 0.25) is 0 Å². The standard InChI is InChI=1S/C10H12O3.C5H10O3/c1-2-13-10(12)9(11)8-6-4-3-5-7-8;1-8-5(7)3-2-4-6/h3-7,9,11H,2H2,1H3;6H,2-4H2,1H3. The zero-order valence-electron chi connectivity index (χ0n) is 12.3. The lowest BCUT2D eigenvalue weighted by molar-refractivity contribution is -0.153. The Hall–Kier alpha value is -1.92. The van der Waals surface area contributed by atoms with E-state index in [-0.39, 0.29) is 19.2 Å². The van der Waals surface area contributed by atoms with Crippen LogP contribution in [0, 0.1) is 0 Å². The minimum atomic E-state index is -1.17. The number of ether oxygens (including phenoxy) is 2. The molecule has 6 nitrogen and oxygen atoms in total. The first-order chi connectivity index (χ1) is 10.1. The molecule has 1 unspecified atom stereocenters. The fourth-order valence-corrected chi connectivity index (χ4v) is 1.32. The summed E-state index contributed by atoms with van der Waals surface area (Å²) in [6.45, 7) is 2.04. The molecular formula is C15H22O6. The summed E-state index contributed by atoms with van der Waals surface area (Å²) in [6.07, 6.45) is -0.360. The molecule has 1 rings (SSSR count). The Labute approximate surface area is 124 Å². The lowest BCUT2D eigenvalue weighted by Crippen LogP contribution is -2.15. The maximum Gasteiger partial charge on any atom is 0.339 e. The van der Waals surface area contributed by atoms with E-state index < -0.39 is 12.1 Å². The molecule has 1 aromatic rings. The van der Waals surface area contributed by atoms with E-state index in [2.05, 4.69) is 9.47 Å². The third kappa shape index (κ3) is 8.78. The second-order valence-electron chi connectivity index (χ2n) is 3.97. The minimum Gasteiger partial charge on any atom is -0.469 e. The third-order valence-electron chi connectivity index (χ3n) is 2.39. The lowest BCUT2D eigenvalue weighted by Gasteiger charge is -2.08. The third-order valence-corrected chi connectivity index (χ3v) is 2.39. The van der Waals surface area contributed by atoms with Gasteiger partial charge in [-0.25, -0.2) is 4.79 Å². The number of aliphatic hydroxyl groups is 2. The van der Waals surface area contributed by atoms with E-state index >= 15 is 0 Å². The molecule has 0 aliphatic rings. The second-order valence-corrected chi connectivity index (χ2v) is 3.97. The number of carbonyl (C=O) groups is 2. The van der Waals surface area contributed by atoms with Crippen LogP contribution in [-0.4, -0.2) is 42.5 Å². The first kappa shape index (κ1) is 19.1. The van der Waals surface area contributed by atoms with Crippen LogP contribution in [-0.2, 0) is 19.1 Å². The van der Waals surface area contributed by atoms with Gasteiger partial charge in [-0.2, -0.15) is 0 Å². The molecule has 1 atom stereocenters. The Balaban J connectivity index is 0.000000433. The molecule has 0 saturated heterocycles. The van der Waals surface area contributed by atoms with Crippen molar-refractivity contribution in [3.63, 3.8) is 0 Å². The highest BCUT2D eigenvalue weighted by Crippen LogP contribution is 2.13. The van der Waals surface area contributed by atoms with Crippen LogP contribution in [0.4, 0.5) is 0 Å². The Morgan fingerprint density at radius 1 is 1.24 bits per heavy atom. The molecule has 0 bridgehead atoms. The van der Waals surface area contributed by atoms with Gasteiger partial charge in [0.2, 0.25) is 0 Å². The van der Waals surface area contributed by atoms with E-state index in [0.29, 0.717) is 18.4 Å². The number of carbonyl (C=O) groups excluding carboxylic acids is 2. The van der Waals surface area contributed by atoms with Gasteiger partial charge in [-0.3, -0.25) is 4.79 Å². The minimum absolute atomic E-state index is 0.0507. The first-order valence-corrected chi connectivity index (χ1v) is 6.64. The number of rotatable bonds is 6. The molecule has 0 aliphatic heterocycles. The van der Waals surface area contributed by atoms with Crippen molar-refractivity contribution in [3.05, 3.63) is 35.9 Å². The van der Waals surface area contributed by atoms with Gasteiger partial charge in [0.05, 0.1) is 13.7 Å². The summed E-state index contributed by atoms with van der Waals surface area (Å²) in [5.74, 6) is -0.868. The lowest BCUT2D eigenvalue weighted by atomic mass is 10.1. The fourth-order valence-electron chi connectivity index (χ4n) is 1.32. The average Bonchev–Trinajstić information content (AvgIpc) is 2.53. The van der Waals surface area contributed by atoms with Gasteiger partial charge < -0.3 is 19.7 Å². The van der Waals surface area contributed by atoms with Crippen LogP contribution < -0.4 is 0 Å². The van der Waals surface area contributed by atoms with Crippen molar-refractivity contribution in [2.75, 3.05) is 20.3 Å². The van der Waals surface area contributed by atoms with Crippen molar-refractivity contribution in [1.82, 2.24) is 0 Å². The predicted octanol–water partition coefficient (Wildman–Crippen LogP) is 1.22. The Bertz CT molecular complexity index is 404. The van der Waals surface area contributed by atoms with Gasteiger partial charge in [0.15, 0.2) is 6.10 Å². The quantitative estimate of drug-likeness (QED) is 0.767. The highest BCUT2D eigenvalue weighted by Gasteiger charge is 2.17. The summed E-state index contributed by atoms with van der Waals surface area (Å²) in [5, 5.41) is 17.6. The molecule has 1 aromatic carbocycles. The number of hydrogen-bond acceptors (Lipinski definition) is 6. The van der Waals surface area contributed by atoms with Crippen LogP contribution >= 0.6 is 0 Å². The molecule has 118 valence electrons. The van der Waals surface area contributed by atoms with Crippen LogP contribution in [0.25, 0.3) is 0 Å². The predicted molar refractivity (Wildman–Crippen MR) is 76.4 cm³/mol. The van der Waals surface area contributed by atoms with E-state index in [1.165, 1.54) is 7.11 Å². The van der Waals surface area contributed by atoms with Crippen molar-refractivity contribution in [1.29, 1.82) is 0 Å². The molecular weight excluding hydrogens is 276 g/mol. The molecule has 6 heteroatoms. The van der Waals surface area contributed by atoms with Gasteiger partial charge in [0, 0.05) is 13.0 Å². The number of hydrogen-bond donors (Lipinski definition) is 2. The summed E-state index contributed by atoms with van der Waals surface area (Å²) in [6, 6.07) is 8.71. The molecule has 0 amide bonds. The van der Waals surface area contributed by atoms with E-state index in [1.807, 2.05) is 6.07 Å². The van der Waals surface area contributed by atoms with E-state index in [1.54, 1.807) is 31.2 Å². The van der Waals surface area contributed by atoms with Crippen molar-refractivity contribution < 1.29 is 29.3 Å². The van der Waals surface area contributed by atoms with Crippen LogP contribution in [0.1, 0.15) is 31.4 Å². The van der Waals surface area contributed by atoms with Crippen LogP contribution in [0.3, 0.4) is 0 Å². The number of aliphatic hydroxyl groups excluding tert-OH is 2. The number of benzene rings is 1. The fraction of sp³-hybridized carbons (Fsp3) is 0.467. The van der Waals surface area contributed by atoms with Gasteiger partial charge in [-0.1, -0.05) is 30.3 Å². The Kier molecular flexibility index (Phi) is 10.8. The molecule has 2 N–H and O–H groups in total. The summed E-state index contributed by atoms with van der Waals surface area (Å²) < 4.78 is 8.97. The number of esters is 2. The first-order valence-electron chi connectivity index (χ1n) is 6.64. The molecule has 0 radical (unpaired) electrons. The largest absolute Gasteiger partial charge is 0.469 e. The van der Waals surface area contributed by atoms with E-state index in [9.17, 15) is 14.7 Å². The number of methoxy groups -OCH3 is 1. The molecule has 0 aliphatic carbocycles. The monoisotopic (exact) mass is 298 g/mol. The maximum absolute atomic E-state index is 11.1. The van der Waals surface area contributed by atoms with Gasteiger partial charge in [-0.05, 0) is 18.9 Å². The van der Waals surface area contributed by atoms with Gasteiger partial charge in [-0.15, -0.1) is 0 Å². The summed E-state index contributed by atoms with van der Waals surface area (Å²) in [7, 11) is 1.33. The molecule has 0 aromatic heterocycles.